The minimum absolute atomic E-state index is 0.601. The molecule has 0 aliphatic heterocycles. The zero-order valence-electron chi connectivity index (χ0n) is 13.9. The minimum atomic E-state index is 0.601. The topological polar surface area (TPSA) is 35.2 Å². The van der Waals surface area contributed by atoms with Crippen molar-refractivity contribution in [2.75, 3.05) is 6.54 Å². The first-order chi connectivity index (χ1) is 11.8. The second-order valence-corrected chi connectivity index (χ2v) is 6.75. The van der Waals surface area contributed by atoms with Gasteiger partial charge in [0.05, 0.1) is 0 Å². The molecule has 122 valence electrons. The molecule has 4 rings (SSSR count). The standard InChI is InChI=1S/C22H23NO/c23-14-16-5-7-19-9-10-22(13-21(19)11-16)24-15-17-6-8-18-3-1-2-4-20(18)12-17/h1-4,6,8-10,12-13,16H,5,7,11,14-15,23H2. The van der Waals surface area contributed by atoms with Crippen molar-refractivity contribution in [3.8, 4) is 5.75 Å². The number of fused-ring (bicyclic) bond motifs is 2. The van der Waals surface area contributed by atoms with Crippen LogP contribution >= 0.6 is 0 Å². The van der Waals surface area contributed by atoms with Crippen LogP contribution in [0.5, 0.6) is 5.75 Å². The summed E-state index contributed by atoms with van der Waals surface area (Å²) in [6, 6.07) is 21.5. The van der Waals surface area contributed by atoms with E-state index in [0.29, 0.717) is 12.5 Å². The van der Waals surface area contributed by atoms with E-state index in [1.807, 2.05) is 0 Å². The summed E-state index contributed by atoms with van der Waals surface area (Å²) in [5.74, 6) is 1.58. The Morgan fingerprint density at radius 1 is 0.917 bits per heavy atom. The van der Waals surface area contributed by atoms with Crippen molar-refractivity contribution in [3.63, 3.8) is 0 Å². The fourth-order valence-electron chi connectivity index (χ4n) is 3.60. The molecule has 2 N–H and O–H groups in total. The first kappa shape index (κ1) is 15.2. The molecule has 1 aliphatic rings. The van der Waals surface area contributed by atoms with Gasteiger partial charge < -0.3 is 10.5 Å². The number of hydrogen-bond donors (Lipinski definition) is 1. The Balaban J connectivity index is 1.49. The first-order valence-electron chi connectivity index (χ1n) is 8.74. The van der Waals surface area contributed by atoms with Crippen LogP contribution in [0.25, 0.3) is 10.8 Å². The Kier molecular flexibility index (Phi) is 4.22. The molecule has 0 heterocycles. The van der Waals surface area contributed by atoms with Crippen LogP contribution in [-0.2, 0) is 19.4 Å². The molecule has 0 saturated heterocycles. The molecule has 2 nitrogen and oxygen atoms in total. The molecule has 1 aliphatic carbocycles. The molecule has 3 aromatic rings. The molecule has 1 unspecified atom stereocenters. The van der Waals surface area contributed by atoms with Gasteiger partial charge in [0.2, 0.25) is 0 Å². The SMILES string of the molecule is NCC1CCc2ccc(OCc3ccc4ccccc4c3)cc2C1. The Labute approximate surface area is 143 Å². The molecule has 0 aromatic heterocycles. The third kappa shape index (κ3) is 3.15. The summed E-state index contributed by atoms with van der Waals surface area (Å²) in [6.07, 6.45) is 3.43. The average molecular weight is 317 g/mol. The Morgan fingerprint density at radius 3 is 2.67 bits per heavy atom. The fourth-order valence-corrected chi connectivity index (χ4v) is 3.60. The van der Waals surface area contributed by atoms with Crippen molar-refractivity contribution in [2.24, 2.45) is 11.7 Å². The van der Waals surface area contributed by atoms with Crippen molar-refractivity contribution < 1.29 is 4.74 Å². The number of hydrogen-bond acceptors (Lipinski definition) is 2. The van der Waals surface area contributed by atoms with Crippen LogP contribution in [0.4, 0.5) is 0 Å². The summed E-state index contributed by atoms with van der Waals surface area (Å²) >= 11 is 0. The number of rotatable bonds is 4. The van der Waals surface area contributed by atoms with Crippen molar-refractivity contribution in [2.45, 2.75) is 25.9 Å². The van der Waals surface area contributed by atoms with Crippen molar-refractivity contribution >= 4 is 10.8 Å². The van der Waals surface area contributed by atoms with Gasteiger partial charge in [-0.1, -0.05) is 42.5 Å². The molecule has 2 heteroatoms. The molecule has 0 bridgehead atoms. The Bertz CT molecular complexity index is 855. The molecule has 0 fully saturated rings. The van der Waals surface area contributed by atoms with Crippen LogP contribution in [0.2, 0.25) is 0 Å². The van der Waals surface area contributed by atoms with E-state index in [9.17, 15) is 0 Å². The van der Waals surface area contributed by atoms with Crippen LogP contribution in [-0.4, -0.2) is 6.54 Å². The molecule has 24 heavy (non-hydrogen) atoms. The number of aryl methyl sites for hydroxylation is 1. The second-order valence-electron chi connectivity index (χ2n) is 6.75. The predicted molar refractivity (Wildman–Crippen MR) is 99.3 cm³/mol. The smallest absolute Gasteiger partial charge is 0.120 e. The fraction of sp³-hybridized carbons (Fsp3) is 0.273. The van der Waals surface area contributed by atoms with Gasteiger partial charge in [0.1, 0.15) is 12.4 Å². The molecule has 0 saturated carbocycles. The van der Waals surface area contributed by atoms with Gasteiger partial charge in [-0.2, -0.15) is 0 Å². The summed E-state index contributed by atoms with van der Waals surface area (Å²) in [6.45, 7) is 1.38. The maximum atomic E-state index is 6.04. The molecule has 3 aromatic carbocycles. The van der Waals surface area contributed by atoms with Gasteiger partial charge in [-0.15, -0.1) is 0 Å². The van der Waals surface area contributed by atoms with Crippen molar-refractivity contribution in [3.05, 3.63) is 77.4 Å². The minimum Gasteiger partial charge on any atom is -0.489 e. The van der Waals surface area contributed by atoms with Crippen molar-refractivity contribution in [1.29, 1.82) is 0 Å². The zero-order valence-corrected chi connectivity index (χ0v) is 13.9. The number of benzene rings is 3. The second kappa shape index (κ2) is 6.66. The molecule has 0 radical (unpaired) electrons. The van der Waals surface area contributed by atoms with E-state index in [-0.39, 0.29) is 0 Å². The summed E-state index contributed by atoms with van der Waals surface area (Å²) in [4.78, 5) is 0. The highest BCUT2D eigenvalue weighted by molar-refractivity contribution is 5.82. The highest BCUT2D eigenvalue weighted by atomic mass is 16.5. The monoisotopic (exact) mass is 317 g/mol. The lowest BCUT2D eigenvalue weighted by Gasteiger charge is -2.23. The van der Waals surface area contributed by atoms with Crippen LogP contribution in [0.3, 0.4) is 0 Å². The molecule has 0 amide bonds. The van der Waals surface area contributed by atoms with Crippen molar-refractivity contribution in [1.82, 2.24) is 0 Å². The van der Waals surface area contributed by atoms with E-state index < -0.39 is 0 Å². The quantitative estimate of drug-likeness (QED) is 0.770. The lowest BCUT2D eigenvalue weighted by Crippen LogP contribution is -2.22. The summed E-state index contributed by atoms with van der Waals surface area (Å²) in [5, 5.41) is 2.53. The third-order valence-corrected chi connectivity index (χ3v) is 5.06. The van der Waals surface area contributed by atoms with Gasteiger partial charge in [0, 0.05) is 0 Å². The van der Waals surface area contributed by atoms with Crippen LogP contribution in [0.15, 0.2) is 60.7 Å². The summed E-state index contributed by atoms with van der Waals surface area (Å²) < 4.78 is 6.04. The van der Waals surface area contributed by atoms with E-state index in [1.54, 1.807) is 0 Å². The normalized spacial score (nSPS) is 16.8. The van der Waals surface area contributed by atoms with Gasteiger partial charge in [0.25, 0.3) is 0 Å². The van der Waals surface area contributed by atoms with E-state index in [1.165, 1.54) is 33.9 Å². The molecular formula is C22H23NO. The largest absolute Gasteiger partial charge is 0.489 e. The maximum absolute atomic E-state index is 6.04. The van der Waals surface area contributed by atoms with Gasteiger partial charge >= 0.3 is 0 Å². The van der Waals surface area contributed by atoms with Crippen LogP contribution in [0, 0.1) is 5.92 Å². The van der Waals surface area contributed by atoms with Gasteiger partial charge in [-0.25, -0.2) is 0 Å². The Hall–Kier alpha value is -2.32. The Morgan fingerprint density at radius 2 is 1.79 bits per heavy atom. The highest BCUT2D eigenvalue weighted by Crippen LogP contribution is 2.28. The van der Waals surface area contributed by atoms with E-state index >= 15 is 0 Å². The zero-order chi connectivity index (χ0) is 16.4. The van der Waals surface area contributed by atoms with E-state index in [2.05, 4.69) is 60.7 Å². The number of nitrogens with two attached hydrogens (primary N) is 1. The lowest BCUT2D eigenvalue weighted by molar-refractivity contribution is 0.305. The van der Waals surface area contributed by atoms with Gasteiger partial charge in [-0.05, 0) is 77.4 Å². The third-order valence-electron chi connectivity index (χ3n) is 5.06. The average Bonchev–Trinajstić information content (AvgIpc) is 2.65. The van der Waals surface area contributed by atoms with Gasteiger partial charge in [-0.3, -0.25) is 0 Å². The maximum Gasteiger partial charge on any atom is 0.120 e. The number of ether oxygens (including phenoxy) is 1. The summed E-state index contributed by atoms with van der Waals surface area (Å²) in [7, 11) is 0. The van der Waals surface area contributed by atoms with Gasteiger partial charge in [0.15, 0.2) is 0 Å². The van der Waals surface area contributed by atoms with Crippen LogP contribution in [0.1, 0.15) is 23.1 Å². The van der Waals surface area contributed by atoms with E-state index in [4.69, 9.17) is 10.5 Å². The summed E-state index contributed by atoms with van der Waals surface area (Å²) in [5.41, 5.74) is 9.91. The lowest BCUT2D eigenvalue weighted by atomic mass is 9.84. The highest BCUT2D eigenvalue weighted by Gasteiger charge is 2.17. The molecule has 0 spiro atoms. The van der Waals surface area contributed by atoms with Crippen LogP contribution < -0.4 is 10.5 Å². The van der Waals surface area contributed by atoms with E-state index in [0.717, 1.165) is 25.1 Å². The first-order valence-corrected chi connectivity index (χ1v) is 8.74. The molecular weight excluding hydrogens is 294 g/mol. The molecule has 1 atom stereocenters. The predicted octanol–water partition coefficient (Wildman–Crippen LogP) is 4.48.